The number of benzene rings is 1. The van der Waals surface area contributed by atoms with Crippen LogP contribution in [0.1, 0.15) is 10.4 Å². The molecular weight excluding hydrogens is 299 g/mol. The second-order valence-corrected chi connectivity index (χ2v) is 4.70. The molecule has 18 heavy (non-hydrogen) atoms. The fourth-order valence-electron chi connectivity index (χ4n) is 1.47. The van der Waals surface area contributed by atoms with E-state index in [4.69, 9.17) is 34.8 Å². The standard InChI is InChI=1S/C12H5Cl3FNO/c13-7-3-8(12(15)9(14)4-7)10-1-6(5-18)2-11(16)17-10/h1-5H. The first kappa shape index (κ1) is 13.3. The van der Waals surface area contributed by atoms with Gasteiger partial charge in [0.15, 0.2) is 0 Å². The Bertz CT molecular complexity index is 631. The van der Waals surface area contributed by atoms with E-state index >= 15 is 0 Å². The van der Waals surface area contributed by atoms with Crippen molar-refractivity contribution in [2.45, 2.75) is 0 Å². The Balaban J connectivity index is 2.68. The van der Waals surface area contributed by atoms with Crippen molar-refractivity contribution in [3.63, 3.8) is 0 Å². The van der Waals surface area contributed by atoms with Gasteiger partial charge in [0.2, 0.25) is 5.95 Å². The molecule has 1 aromatic heterocycles. The maximum atomic E-state index is 13.3. The average Bonchev–Trinajstić information content (AvgIpc) is 2.32. The lowest BCUT2D eigenvalue weighted by molar-refractivity contribution is 0.112. The number of hydrogen-bond donors (Lipinski definition) is 0. The van der Waals surface area contributed by atoms with Gasteiger partial charge in [-0.2, -0.15) is 4.39 Å². The molecular formula is C12H5Cl3FNO. The van der Waals surface area contributed by atoms with Gasteiger partial charge in [0.1, 0.15) is 6.29 Å². The molecule has 0 atom stereocenters. The average molecular weight is 305 g/mol. The van der Waals surface area contributed by atoms with Crippen LogP contribution in [0.2, 0.25) is 15.1 Å². The van der Waals surface area contributed by atoms with E-state index in [-0.39, 0.29) is 21.3 Å². The molecule has 0 N–H and O–H groups in total. The topological polar surface area (TPSA) is 30.0 Å². The van der Waals surface area contributed by atoms with Crippen molar-refractivity contribution < 1.29 is 9.18 Å². The molecule has 2 nitrogen and oxygen atoms in total. The largest absolute Gasteiger partial charge is 0.298 e. The Kier molecular flexibility index (Phi) is 3.85. The second-order valence-electron chi connectivity index (χ2n) is 3.48. The Morgan fingerprint density at radius 1 is 1.11 bits per heavy atom. The predicted molar refractivity (Wildman–Crippen MR) is 70.0 cm³/mol. The van der Waals surface area contributed by atoms with Crippen LogP contribution in [-0.4, -0.2) is 11.3 Å². The van der Waals surface area contributed by atoms with Gasteiger partial charge in [0.25, 0.3) is 0 Å². The zero-order valence-electron chi connectivity index (χ0n) is 8.75. The zero-order chi connectivity index (χ0) is 13.3. The molecule has 92 valence electrons. The van der Waals surface area contributed by atoms with Crippen molar-refractivity contribution in [1.29, 1.82) is 0 Å². The van der Waals surface area contributed by atoms with Gasteiger partial charge < -0.3 is 0 Å². The molecule has 0 saturated heterocycles. The minimum Gasteiger partial charge on any atom is -0.298 e. The number of aldehydes is 1. The van der Waals surface area contributed by atoms with Crippen molar-refractivity contribution in [1.82, 2.24) is 4.98 Å². The van der Waals surface area contributed by atoms with Crippen molar-refractivity contribution >= 4 is 41.1 Å². The van der Waals surface area contributed by atoms with Crippen LogP contribution in [0.3, 0.4) is 0 Å². The van der Waals surface area contributed by atoms with Crippen LogP contribution in [0.25, 0.3) is 11.3 Å². The molecule has 0 amide bonds. The maximum Gasteiger partial charge on any atom is 0.214 e. The number of halogens is 4. The minimum atomic E-state index is -0.776. The van der Waals surface area contributed by atoms with Gasteiger partial charge in [-0.05, 0) is 18.2 Å². The molecule has 0 bridgehead atoms. The minimum absolute atomic E-state index is 0.157. The van der Waals surface area contributed by atoms with Gasteiger partial charge >= 0.3 is 0 Å². The molecule has 0 aliphatic rings. The Hall–Kier alpha value is -1.16. The molecule has 2 rings (SSSR count). The van der Waals surface area contributed by atoms with E-state index in [2.05, 4.69) is 4.98 Å². The molecule has 0 spiro atoms. The quantitative estimate of drug-likeness (QED) is 0.459. The number of hydrogen-bond acceptors (Lipinski definition) is 2. The number of carbonyl (C=O) groups is 1. The highest BCUT2D eigenvalue weighted by molar-refractivity contribution is 6.45. The summed E-state index contributed by atoms with van der Waals surface area (Å²) in [5, 5.41) is 0.784. The van der Waals surface area contributed by atoms with Gasteiger partial charge in [-0.25, -0.2) is 4.98 Å². The summed E-state index contributed by atoms with van der Waals surface area (Å²) < 4.78 is 13.3. The third kappa shape index (κ3) is 2.64. The molecule has 0 aliphatic carbocycles. The highest BCUT2D eigenvalue weighted by atomic mass is 35.5. The van der Waals surface area contributed by atoms with Crippen LogP contribution < -0.4 is 0 Å². The molecule has 1 aromatic carbocycles. The predicted octanol–water partition coefficient (Wildman–Crippen LogP) is 4.66. The second kappa shape index (κ2) is 5.22. The summed E-state index contributed by atoms with van der Waals surface area (Å²) in [6.07, 6.45) is 0.522. The van der Waals surface area contributed by atoms with E-state index in [1.807, 2.05) is 0 Å². The fourth-order valence-corrected chi connectivity index (χ4v) is 2.16. The molecule has 0 unspecified atom stereocenters. The van der Waals surface area contributed by atoms with E-state index in [1.165, 1.54) is 18.2 Å². The molecule has 1 heterocycles. The Labute approximate surface area is 117 Å². The van der Waals surface area contributed by atoms with Crippen LogP contribution in [0, 0.1) is 5.95 Å². The summed E-state index contributed by atoms with van der Waals surface area (Å²) in [6.45, 7) is 0. The van der Waals surface area contributed by atoms with Crippen molar-refractivity contribution in [3.05, 3.63) is 50.8 Å². The van der Waals surface area contributed by atoms with Crippen LogP contribution >= 0.6 is 34.8 Å². The maximum absolute atomic E-state index is 13.3. The molecule has 0 radical (unpaired) electrons. The van der Waals surface area contributed by atoms with E-state index < -0.39 is 5.95 Å². The van der Waals surface area contributed by atoms with E-state index in [9.17, 15) is 9.18 Å². The van der Waals surface area contributed by atoms with Crippen molar-refractivity contribution in [2.24, 2.45) is 0 Å². The Morgan fingerprint density at radius 2 is 1.83 bits per heavy atom. The number of pyridine rings is 1. The normalized spacial score (nSPS) is 10.4. The lowest BCUT2D eigenvalue weighted by Gasteiger charge is -2.07. The monoisotopic (exact) mass is 303 g/mol. The highest BCUT2D eigenvalue weighted by Crippen LogP contribution is 2.35. The summed E-state index contributed by atoms with van der Waals surface area (Å²) in [5.41, 5.74) is 0.730. The molecule has 6 heteroatoms. The third-order valence-electron chi connectivity index (χ3n) is 2.22. The summed E-state index contributed by atoms with van der Waals surface area (Å²) in [7, 11) is 0. The fraction of sp³-hybridized carbons (Fsp3) is 0. The highest BCUT2D eigenvalue weighted by Gasteiger charge is 2.12. The van der Waals surface area contributed by atoms with Crippen molar-refractivity contribution in [3.8, 4) is 11.3 Å². The SMILES string of the molecule is O=Cc1cc(F)nc(-c2cc(Cl)cc(Cl)c2Cl)c1. The van der Waals surface area contributed by atoms with Gasteiger partial charge in [0.05, 0.1) is 15.7 Å². The molecule has 0 saturated carbocycles. The summed E-state index contributed by atoms with van der Waals surface area (Å²) in [5.74, 6) is -0.776. The summed E-state index contributed by atoms with van der Waals surface area (Å²) in [6, 6.07) is 5.40. The Morgan fingerprint density at radius 3 is 2.50 bits per heavy atom. The van der Waals surface area contributed by atoms with Crippen LogP contribution in [0.15, 0.2) is 24.3 Å². The first-order chi connectivity index (χ1) is 8.51. The number of rotatable bonds is 2. The third-order valence-corrected chi connectivity index (χ3v) is 3.24. The number of carbonyl (C=O) groups excluding carboxylic acids is 1. The first-order valence-corrected chi connectivity index (χ1v) is 5.92. The van der Waals surface area contributed by atoms with Crippen LogP contribution in [0.4, 0.5) is 4.39 Å². The van der Waals surface area contributed by atoms with E-state index in [0.717, 1.165) is 6.07 Å². The molecule has 2 aromatic rings. The zero-order valence-corrected chi connectivity index (χ0v) is 11.0. The summed E-state index contributed by atoms with van der Waals surface area (Å²) >= 11 is 17.7. The summed E-state index contributed by atoms with van der Waals surface area (Å²) in [4.78, 5) is 14.3. The molecule has 0 fully saturated rings. The smallest absolute Gasteiger partial charge is 0.214 e. The van der Waals surface area contributed by atoms with Gasteiger partial charge in [-0.1, -0.05) is 34.8 Å². The van der Waals surface area contributed by atoms with Crippen molar-refractivity contribution in [2.75, 3.05) is 0 Å². The van der Waals surface area contributed by atoms with Gasteiger partial charge in [-0.3, -0.25) is 4.79 Å². The lowest BCUT2D eigenvalue weighted by atomic mass is 10.1. The molecule has 0 aliphatic heterocycles. The lowest BCUT2D eigenvalue weighted by Crippen LogP contribution is -1.93. The van der Waals surface area contributed by atoms with E-state index in [1.54, 1.807) is 0 Å². The first-order valence-electron chi connectivity index (χ1n) is 4.79. The van der Waals surface area contributed by atoms with E-state index in [0.29, 0.717) is 16.9 Å². The van der Waals surface area contributed by atoms with Crippen LogP contribution in [0.5, 0.6) is 0 Å². The van der Waals surface area contributed by atoms with Gasteiger partial charge in [-0.15, -0.1) is 0 Å². The number of aromatic nitrogens is 1. The van der Waals surface area contributed by atoms with Crippen LogP contribution in [-0.2, 0) is 0 Å². The van der Waals surface area contributed by atoms with Gasteiger partial charge in [0, 0.05) is 22.2 Å². The number of nitrogens with zero attached hydrogens (tertiary/aromatic N) is 1.